The summed E-state index contributed by atoms with van der Waals surface area (Å²) in [6.45, 7) is 10.2. The number of ketones is 1. The number of piperazine rings is 1. The lowest BCUT2D eigenvalue weighted by molar-refractivity contribution is -0.143. The van der Waals surface area contributed by atoms with Crippen LogP contribution in [0, 0.1) is 11.8 Å². The summed E-state index contributed by atoms with van der Waals surface area (Å²) in [5.74, 6) is -6.46. The number of hydrogen-bond acceptors (Lipinski definition) is 10. The van der Waals surface area contributed by atoms with Crippen LogP contribution in [0.3, 0.4) is 0 Å². The van der Waals surface area contributed by atoms with Crippen LogP contribution in [0.25, 0.3) is 11.1 Å². The Morgan fingerprint density at radius 3 is 2.18 bits per heavy atom. The molecule has 2 fully saturated rings. The number of nitrogens with zero attached hydrogens (tertiary/aromatic N) is 2. The third-order valence-electron chi connectivity index (χ3n) is 10.7. The van der Waals surface area contributed by atoms with E-state index < -0.39 is 78.1 Å². The van der Waals surface area contributed by atoms with Crippen molar-refractivity contribution in [3.05, 3.63) is 53.6 Å². The van der Waals surface area contributed by atoms with Crippen molar-refractivity contribution in [3.63, 3.8) is 0 Å². The van der Waals surface area contributed by atoms with E-state index in [0.29, 0.717) is 24.0 Å². The SMILES string of the molecule is CC(C)C[C@@H]1CC(=O)c2ccc(-c3ccc(N4CCNCC4)cc3)c(c2)CNC(=O)[C@@H]2CCCN2C(=O)[C@H](C)NC(=O)[C@H]([C@@H](C)O)NC(=O)[C@H](CC(=O)O)NC1=O. The number of carbonyl (C=O) groups excluding carboxylic acids is 6. The molecule has 2 aromatic rings. The van der Waals surface area contributed by atoms with E-state index >= 15 is 0 Å². The van der Waals surface area contributed by atoms with Crippen LogP contribution in [0.4, 0.5) is 5.69 Å². The van der Waals surface area contributed by atoms with Crippen molar-refractivity contribution in [2.75, 3.05) is 37.6 Å². The van der Waals surface area contributed by atoms with Crippen molar-refractivity contribution >= 4 is 47.0 Å². The van der Waals surface area contributed by atoms with Crippen LogP contribution >= 0.6 is 0 Å². The van der Waals surface area contributed by atoms with E-state index in [2.05, 4.69) is 31.5 Å². The number of amides is 5. The fourth-order valence-electron chi connectivity index (χ4n) is 7.71. The first-order valence-electron chi connectivity index (χ1n) is 19.7. The number of carbonyl (C=O) groups is 7. The summed E-state index contributed by atoms with van der Waals surface area (Å²) in [6, 6.07) is 7.96. The third kappa shape index (κ3) is 10.9. The molecule has 2 bridgehead atoms. The van der Waals surface area contributed by atoms with E-state index in [9.17, 15) is 43.8 Å². The Hall–Kier alpha value is -5.35. The molecule has 5 amide bonds. The summed E-state index contributed by atoms with van der Waals surface area (Å²) in [7, 11) is 0. The van der Waals surface area contributed by atoms with Gasteiger partial charge in [0.05, 0.1) is 12.5 Å². The predicted octanol–water partition coefficient (Wildman–Crippen LogP) is 0.949. The average molecular weight is 790 g/mol. The second-order valence-electron chi connectivity index (χ2n) is 15.6. The standard InChI is InChI=1S/C41H55N7O9/c1-23(2)18-28-20-34(50)27-9-12-31(26-7-10-30(11-8-26)47-16-13-42-14-17-47)29(19-27)22-43-39(55)33-6-5-15-48(33)41(57)24(3)44-40(56)36(25(4)49)46-38(54)32(21-35(51)52)45-37(28)53/h7-12,19,23-25,28,32-33,36,42,49H,5-6,13-18,20-22H2,1-4H3,(H,43,55)(H,44,56)(H,45,53)(H,46,54)(H,51,52)/t24-,25+,28+,32-,33-,36-/m0/s1. The third-order valence-corrected chi connectivity index (χ3v) is 10.7. The van der Waals surface area contributed by atoms with Crippen LogP contribution in [0.15, 0.2) is 42.5 Å². The molecule has 3 heterocycles. The Morgan fingerprint density at radius 2 is 1.53 bits per heavy atom. The minimum absolute atomic E-state index is 0.0241. The average Bonchev–Trinajstić information content (AvgIpc) is 3.68. The number of anilines is 1. The van der Waals surface area contributed by atoms with E-state index in [1.54, 1.807) is 12.1 Å². The zero-order chi connectivity index (χ0) is 41.4. The van der Waals surface area contributed by atoms with Gasteiger partial charge >= 0.3 is 5.97 Å². The largest absolute Gasteiger partial charge is 0.481 e. The molecule has 3 aliphatic rings. The maximum Gasteiger partial charge on any atom is 0.305 e. The van der Waals surface area contributed by atoms with Gasteiger partial charge in [-0.3, -0.25) is 33.6 Å². The predicted molar refractivity (Wildman–Crippen MR) is 211 cm³/mol. The Labute approximate surface area is 332 Å². The molecule has 0 radical (unpaired) electrons. The van der Waals surface area contributed by atoms with Gasteiger partial charge in [-0.1, -0.05) is 38.1 Å². The fraction of sp³-hybridized carbons (Fsp3) is 0.537. The molecule has 16 heteroatoms. The number of aliphatic carboxylic acids is 1. The maximum atomic E-state index is 14.0. The Morgan fingerprint density at radius 1 is 0.842 bits per heavy atom. The molecule has 2 saturated heterocycles. The van der Waals surface area contributed by atoms with Crippen molar-refractivity contribution < 1.29 is 43.8 Å². The molecule has 0 spiro atoms. The van der Waals surface area contributed by atoms with Crippen LogP contribution in [-0.4, -0.2) is 119 Å². The Kier molecular flexibility index (Phi) is 14.4. The molecule has 57 heavy (non-hydrogen) atoms. The molecule has 0 aromatic heterocycles. The summed E-state index contributed by atoms with van der Waals surface area (Å²) in [4.78, 5) is 97.6. The van der Waals surface area contributed by atoms with Gasteiger partial charge < -0.3 is 46.6 Å². The quantitative estimate of drug-likeness (QED) is 0.209. The summed E-state index contributed by atoms with van der Waals surface area (Å²) >= 11 is 0. The first kappa shape index (κ1) is 42.8. The topological polar surface area (TPSA) is 227 Å². The zero-order valence-electron chi connectivity index (χ0n) is 33.0. The van der Waals surface area contributed by atoms with Gasteiger partial charge in [-0.15, -0.1) is 0 Å². The van der Waals surface area contributed by atoms with Gasteiger partial charge in [0.1, 0.15) is 24.2 Å². The Balaban J connectivity index is 1.52. The lowest BCUT2D eigenvalue weighted by Crippen LogP contribution is -2.60. The molecular weight excluding hydrogens is 734 g/mol. The molecule has 0 aliphatic carbocycles. The summed E-state index contributed by atoms with van der Waals surface area (Å²) in [5.41, 5.74) is 3.65. The molecular formula is C41H55N7O9. The van der Waals surface area contributed by atoms with Crippen LogP contribution in [0.2, 0.25) is 0 Å². The highest BCUT2D eigenvalue weighted by Crippen LogP contribution is 2.29. The van der Waals surface area contributed by atoms with Crippen molar-refractivity contribution in [3.8, 4) is 11.1 Å². The van der Waals surface area contributed by atoms with Gasteiger partial charge in [-0.05, 0) is 73.9 Å². The van der Waals surface area contributed by atoms with Gasteiger partial charge in [0.25, 0.3) is 0 Å². The monoisotopic (exact) mass is 789 g/mol. The lowest BCUT2D eigenvalue weighted by atomic mass is 9.88. The molecule has 3 aliphatic heterocycles. The van der Waals surface area contributed by atoms with Gasteiger partial charge in [0.2, 0.25) is 29.5 Å². The number of carboxylic acid groups (broad SMARTS) is 1. The van der Waals surface area contributed by atoms with Crippen LogP contribution in [0.1, 0.15) is 75.7 Å². The second-order valence-corrected chi connectivity index (χ2v) is 15.6. The molecule has 5 rings (SSSR count). The van der Waals surface area contributed by atoms with E-state index in [1.807, 2.05) is 44.2 Å². The maximum absolute atomic E-state index is 14.0. The molecule has 0 unspecified atom stereocenters. The second kappa shape index (κ2) is 19.2. The minimum atomic E-state index is -1.66. The number of benzene rings is 2. The normalized spacial score (nSPS) is 25.1. The number of carboxylic acids is 1. The number of hydrogen-bond donors (Lipinski definition) is 7. The molecule has 7 N–H and O–H groups in total. The summed E-state index contributed by atoms with van der Waals surface area (Å²) < 4.78 is 0. The van der Waals surface area contributed by atoms with Gasteiger partial charge in [0.15, 0.2) is 5.78 Å². The molecule has 6 atom stereocenters. The highest BCUT2D eigenvalue weighted by Gasteiger charge is 2.38. The Bertz CT molecular complexity index is 1830. The number of fused-ring (bicyclic) bond motifs is 3. The van der Waals surface area contributed by atoms with Crippen molar-refractivity contribution in [1.82, 2.24) is 31.5 Å². The van der Waals surface area contributed by atoms with Gasteiger partial charge in [-0.2, -0.15) is 0 Å². The smallest absolute Gasteiger partial charge is 0.305 e. The van der Waals surface area contributed by atoms with Crippen LogP contribution in [0.5, 0.6) is 0 Å². The number of nitrogens with one attached hydrogen (secondary N) is 5. The number of aliphatic hydroxyl groups is 1. The summed E-state index contributed by atoms with van der Waals surface area (Å²) in [5, 5.41) is 33.8. The number of rotatable bonds is 7. The number of aliphatic hydroxyl groups excluding tert-OH is 1. The van der Waals surface area contributed by atoms with E-state index in [-0.39, 0.29) is 37.6 Å². The lowest BCUT2D eigenvalue weighted by Gasteiger charge is -2.29. The van der Waals surface area contributed by atoms with Gasteiger partial charge in [0, 0.05) is 62.9 Å². The van der Waals surface area contributed by atoms with E-state index in [4.69, 9.17) is 0 Å². The fourth-order valence-corrected chi connectivity index (χ4v) is 7.71. The molecule has 16 nitrogen and oxygen atoms in total. The van der Waals surface area contributed by atoms with Crippen molar-refractivity contribution in [1.29, 1.82) is 0 Å². The number of Topliss-reactive ketones (excluding diaryl/α,β-unsaturated/α-hetero) is 1. The highest BCUT2D eigenvalue weighted by molar-refractivity contribution is 6.01. The highest BCUT2D eigenvalue weighted by atomic mass is 16.4. The van der Waals surface area contributed by atoms with Crippen molar-refractivity contribution in [2.45, 2.75) is 96.6 Å². The van der Waals surface area contributed by atoms with Crippen LogP contribution in [-0.2, 0) is 35.3 Å². The molecule has 2 aromatic carbocycles. The first-order valence-corrected chi connectivity index (χ1v) is 19.7. The first-order chi connectivity index (χ1) is 27.1. The van der Waals surface area contributed by atoms with Gasteiger partial charge in [-0.25, -0.2) is 0 Å². The van der Waals surface area contributed by atoms with E-state index in [1.165, 1.54) is 18.7 Å². The summed E-state index contributed by atoms with van der Waals surface area (Å²) in [6.07, 6.45) is -1.43. The van der Waals surface area contributed by atoms with E-state index in [0.717, 1.165) is 43.0 Å². The van der Waals surface area contributed by atoms with Crippen molar-refractivity contribution in [2.24, 2.45) is 11.8 Å². The molecule has 308 valence electrons. The minimum Gasteiger partial charge on any atom is -0.481 e. The molecule has 0 saturated carbocycles. The zero-order valence-corrected chi connectivity index (χ0v) is 33.0. The van der Waals surface area contributed by atoms with Crippen LogP contribution < -0.4 is 31.5 Å².